The second kappa shape index (κ2) is 1.38. The van der Waals surface area contributed by atoms with Crippen molar-refractivity contribution in [2.75, 3.05) is 0 Å². The summed E-state index contributed by atoms with van der Waals surface area (Å²) in [7, 11) is 0. The average molecular weight is 97.1 g/mol. The minimum Gasteiger partial charge on any atom is -0.0488 e. The Morgan fingerprint density at radius 2 is 1.86 bits per heavy atom. The lowest BCUT2D eigenvalue weighted by Crippen LogP contribution is -1.82. The van der Waals surface area contributed by atoms with Gasteiger partial charge in [0.1, 0.15) is 0 Å². The lowest BCUT2D eigenvalue weighted by molar-refractivity contribution is 0.837. The fourth-order valence-electron chi connectivity index (χ4n) is 0.208. The molecule has 0 unspecified atom stereocenters. The Bertz CT molecular complexity index is 136. The molecule has 0 fully saturated rings. The van der Waals surface area contributed by atoms with Gasteiger partial charge < -0.3 is 0 Å². The molecule has 0 amide bonds. The van der Waals surface area contributed by atoms with Crippen LogP contribution in [-0.4, -0.2) is 6.29 Å². The highest BCUT2D eigenvalue weighted by molar-refractivity contribution is 4.67. The maximum absolute atomic E-state index is 7.88. The largest absolute Gasteiger partial charge is 0.541 e. The standard InChI is InChI=1S/CHN6/c2-3-1-4-6-7-5-1/h1H/q+1. The molecule has 1 aliphatic heterocycles. The van der Waals surface area contributed by atoms with Crippen LogP contribution in [0, 0.1) is 5.39 Å². The second-order valence-corrected chi connectivity index (χ2v) is 0.872. The van der Waals surface area contributed by atoms with Crippen molar-refractivity contribution in [2.24, 2.45) is 20.7 Å². The Morgan fingerprint density at radius 3 is 2.14 bits per heavy atom. The van der Waals surface area contributed by atoms with E-state index in [2.05, 4.69) is 25.7 Å². The number of nitrogens with zero attached hydrogens (tertiary/aromatic N) is 6. The summed E-state index contributed by atoms with van der Waals surface area (Å²) < 4.78 is 0. The highest BCUT2D eigenvalue weighted by Gasteiger charge is 2.19. The molecule has 6 nitrogen and oxygen atoms in total. The van der Waals surface area contributed by atoms with Crippen LogP contribution in [-0.2, 0) is 0 Å². The predicted molar refractivity (Wildman–Crippen MR) is 18.6 cm³/mol. The molecule has 0 bridgehead atoms. The van der Waals surface area contributed by atoms with Crippen LogP contribution in [0.5, 0.6) is 0 Å². The molecule has 0 aromatic rings. The summed E-state index contributed by atoms with van der Waals surface area (Å²) in [6.45, 7) is 0. The summed E-state index contributed by atoms with van der Waals surface area (Å²) in [6.07, 6.45) is -0.806. The van der Waals surface area contributed by atoms with Gasteiger partial charge in [-0.05, 0) is 20.7 Å². The Hall–Kier alpha value is -1.38. The Labute approximate surface area is 38.6 Å². The molecule has 0 radical (unpaired) electrons. The van der Waals surface area contributed by atoms with E-state index in [0.29, 0.717) is 0 Å². The summed E-state index contributed by atoms with van der Waals surface area (Å²) >= 11 is 0. The van der Waals surface area contributed by atoms with Gasteiger partial charge in [-0.25, -0.2) is 0 Å². The third kappa shape index (κ3) is 0.546. The zero-order valence-corrected chi connectivity index (χ0v) is 3.26. The molecule has 34 valence electrons. The van der Waals surface area contributed by atoms with Crippen molar-refractivity contribution in [2.45, 2.75) is 6.29 Å². The summed E-state index contributed by atoms with van der Waals surface area (Å²) in [5, 5.41) is 20.5. The molecule has 0 spiro atoms. The third-order valence-corrected chi connectivity index (χ3v) is 0.453. The van der Waals surface area contributed by atoms with Gasteiger partial charge in [-0.15, -0.1) is 0 Å². The summed E-state index contributed by atoms with van der Waals surface area (Å²) in [6, 6.07) is 0. The molecule has 0 N–H and O–H groups in total. The molecule has 1 aliphatic rings. The van der Waals surface area contributed by atoms with Crippen LogP contribution in [0.2, 0.25) is 0 Å². The van der Waals surface area contributed by atoms with Crippen molar-refractivity contribution in [3.63, 3.8) is 0 Å². The Morgan fingerprint density at radius 1 is 1.29 bits per heavy atom. The predicted octanol–water partition coefficient (Wildman–Crippen LogP) is 0.956. The van der Waals surface area contributed by atoms with Crippen LogP contribution in [0.1, 0.15) is 0 Å². The van der Waals surface area contributed by atoms with Crippen LogP contribution in [0.15, 0.2) is 20.7 Å². The molecule has 6 heteroatoms. The summed E-state index contributed by atoms with van der Waals surface area (Å²) in [5.74, 6) is 0. The van der Waals surface area contributed by atoms with Gasteiger partial charge in [-0.1, -0.05) is 0 Å². The molecule has 0 aromatic carbocycles. The van der Waals surface area contributed by atoms with E-state index in [-0.39, 0.29) is 0 Å². The smallest absolute Gasteiger partial charge is 0.0488 e. The number of hydrogen-bond donors (Lipinski definition) is 0. The van der Waals surface area contributed by atoms with E-state index >= 15 is 0 Å². The molecule has 1 rings (SSSR count). The Kier molecular flexibility index (Phi) is 0.750. The molecule has 0 atom stereocenters. The van der Waals surface area contributed by atoms with Gasteiger partial charge >= 0.3 is 6.29 Å². The molecule has 1 heterocycles. The Balaban J connectivity index is 2.65. The quantitative estimate of drug-likeness (QED) is 0.414. The molecule has 0 saturated carbocycles. The first kappa shape index (κ1) is 3.80. The zero-order chi connectivity index (χ0) is 5.11. The topological polar surface area (TPSA) is 77.6 Å². The van der Waals surface area contributed by atoms with Crippen LogP contribution in [0.3, 0.4) is 0 Å². The van der Waals surface area contributed by atoms with E-state index in [1.54, 1.807) is 0 Å². The van der Waals surface area contributed by atoms with Gasteiger partial charge in [-0.3, -0.25) is 0 Å². The van der Waals surface area contributed by atoms with Gasteiger partial charge in [-0.2, -0.15) is 0 Å². The van der Waals surface area contributed by atoms with E-state index in [1.807, 2.05) is 0 Å². The van der Waals surface area contributed by atoms with Crippen molar-refractivity contribution < 1.29 is 0 Å². The van der Waals surface area contributed by atoms with Gasteiger partial charge in [0.2, 0.25) is 5.39 Å². The first-order chi connectivity index (χ1) is 3.43. The lowest BCUT2D eigenvalue weighted by atomic mass is 11.0. The van der Waals surface area contributed by atoms with Crippen molar-refractivity contribution in [1.29, 1.82) is 5.39 Å². The fraction of sp³-hybridized carbons (Fsp3) is 1.00. The van der Waals surface area contributed by atoms with Crippen molar-refractivity contribution >= 4 is 0 Å². The normalized spacial score (nSPS) is 17.6. The zero-order valence-electron chi connectivity index (χ0n) is 3.26. The number of rotatable bonds is 0. The van der Waals surface area contributed by atoms with Gasteiger partial charge in [0, 0.05) is 0 Å². The van der Waals surface area contributed by atoms with Crippen LogP contribution < -0.4 is 0 Å². The van der Waals surface area contributed by atoms with Gasteiger partial charge in [0.05, 0.1) is 0 Å². The number of diazo groups is 1. The summed E-state index contributed by atoms with van der Waals surface area (Å²) in [5.41, 5.74) is 0. The van der Waals surface area contributed by atoms with Crippen LogP contribution in [0.4, 0.5) is 0 Å². The molecular formula is CHN6+. The highest BCUT2D eigenvalue weighted by Crippen LogP contribution is 2.03. The summed E-state index contributed by atoms with van der Waals surface area (Å²) in [4.78, 5) is 2.67. The molecular weight excluding hydrogens is 96.1 g/mol. The molecule has 0 aromatic heterocycles. The van der Waals surface area contributed by atoms with E-state index in [0.717, 1.165) is 0 Å². The third-order valence-electron chi connectivity index (χ3n) is 0.453. The van der Waals surface area contributed by atoms with E-state index in [9.17, 15) is 0 Å². The first-order valence-corrected chi connectivity index (χ1v) is 1.57. The van der Waals surface area contributed by atoms with Crippen LogP contribution >= 0.6 is 0 Å². The van der Waals surface area contributed by atoms with E-state index < -0.39 is 6.29 Å². The van der Waals surface area contributed by atoms with Crippen molar-refractivity contribution in [1.82, 2.24) is 0 Å². The van der Waals surface area contributed by atoms with E-state index in [1.165, 1.54) is 0 Å². The van der Waals surface area contributed by atoms with Crippen molar-refractivity contribution in [3.05, 3.63) is 4.98 Å². The van der Waals surface area contributed by atoms with Crippen LogP contribution in [0.25, 0.3) is 4.98 Å². The monoisotopic (exact) mass is 97.0 g/mol. The number of hydrogen-bond acceptors (Lipinski definition) is 5. The SMILES string of the molecule is N#[N+]C1N=NN=N1. The molecule has 7 heavy (non-hydrogen) atoms. The van der Waals surface area contributed by atoms with Crippen molar-refractivity contribution in [3.8, 4) is 0 Å². The average Bonchev–Trinajstić information content (AvgIpc) is 2.14. The van der Waals surface area contributed by atoms with E-state index in [4.69, 9.17) is 5.39 Å². The molecule has 0 aliphatic carbocycles. The lowest BCUT2D eigenvalue weighted by Gasteiger charge is -1.58. The second-order valence-electron chi connectivity index (χ2n) is 0.872. The highest BCUT2D eigenvalue weighted by atomic mass is 15.6. The molecule has 0 saturated heterocycles. The minimum atomic E-state index is -0.806. The van der Waals surface area contributed by atoms with Gasteiger partial charge in [0.25, 0.3) is 0 Å². The first-order valence-electron chi connectivity index (χ1n) is 1.57. The fourth-order valence-corrected chi connectivity index (χ4v) is 0.208. The maximum Gasteiger partial charge on any atom is 0.541 e. The van der Waals surface area contributed by atoms with Gasteiger partial charge in [0.15, 0.2) is 4.98 Å². The maximum atomic E-state index is 7.88. The minimum absolute atomic E-state index is 0.806.